The van der Waals surface area contributed by atoms with Crippen LogP contribution in [-0.2, 0) is 0 Å². The number of amides is 1. The van der Waals surface area contributed by atoms with E-state index in [1.54, 1.807) is 32.2 Å². The van der Waals surface area contributed by atoms with Crippen LogP contribution in [0, 0.1) is 10.1 Å². The lowest BCUT2D eigenvalue weighted by Gasteiger charge is -2.16. The summed E-state index contributed by atoms with van der Waals surface area (Å²) in [6.45, 7) is 0. The Kier molecular flexibility index (Phi) is 5.55. The third-order valence-corrected chi connectivity index (χ3v) is 4.79. The fourth-order valence-corrected chi connectivity index (χ4v) is 3.31. The summed E-state index contributed by atoms with van der Waals surface area (Å²) in [6, 6.07) is 11.6. The van der Waals surface area contributed by atoms with Crippen LogP contribution in [0.5, 0.6) is 5.75 Å². The van der Waals surface area contributed by atoms with Crippen molar-refractivity contribution in [3.63, 3.8) is 0 Å². The van der Waals surface area contributed by atoms with Gasteiger partial charge in [0.05, 0.1) is 23.3 Å². The Labute approximate surface area is 165 Å². The summed E-state index contributed by atoms with van der Waals surface area (Å²) < 4.78 is 5.14. The number of nitro benzene ring substituents is 1. The number of aromatic nitrogens is 1. The van der Waals surface area contributed by atoms with Crippen LogP contribution >= 0.6 is 11.3 Å². The molecule has 0 radical (unpaired) electrons. The number of nitrogens with zero attached hydrogens (tertiary/aromatic N) is 3. The number of anilines is 2. The number of nitrogens with one attached hydrogen (secondary N) is 1. The molecule has 1 heterocycles. The molecular weight excluding hydrogens is 380 g/mol. The highest BCUT2D eigenvalue weighted by Crippen LogP contribution is 2.29. The molecule has 3 aromatic rings. The zero-order chi connectivity index (χ0) is 20.3. The first-order valence-electron chi connectivity index (χ1n) is 8.26. The van der Waals surface area contributed by atoms with Crippen LogP contribution in [0.3, 0.4) is 0 Å². The molecule has 0 bridgehead atoms. The van der Waals surface area contributed by atoms with E-state index in [-0.39, 0.29) is 11.3 Å². The second-order valence-electron chi connectivity index (χ2n) is 6.07. The van der Waals surface area contributed by atoms with Gasteiger partial charge in [0.1, 0.15) is 5.75 Å². The molecule has 0 fully saturated rings. The SMILES string of the molecule is COc1ccc(-c2csc(NC(=O)c3cc([N+](=O)[O-])ccc3N(C)C)n2)cc1. The molecule has 28 heavy (non-hydrogen) atoms. The van der Waals surface area contributed by atoms with Crippen LogP contribution in [-0.4, -0.2) is 37.0 Å². The van der Waals surface area contributed by atoms with Crippen LogP contribution < -0.4 is 15.0 Å². The second-order valence-corrected chi connectivity index (χ2v) is 6.93. The van der Waals surface area contributed by atoms with Gasteiger partial charge in [0.25, 0.3) is 11.6 Å². The van der Waals surface area contributed by atoms with E-state index in [0.29, 0.717) is 10.8 Å². The van der Waals surface area contributed by atoms with Gasteiger partial charge < -0.3 is 9.64 Å². The first-order valence-corrected chi connectivity index (χ1v) is 9.14. The Morgan fingerprint density at radius 2 is 1.93 bits per heavy atom. The Morgan fingerprint density at radius 1 is 1.21 bits per heavy atom. The van der Waals surface area contributed by atoms with Gasteiger partial charge in [0.2, 0.25) is 0 Å². The van der Waals surface area contributed by atoms with Crippen LogP contribution in [0.1, 0.15) is 10.4 Å². The normalized spacial score (nSPS) is 10.4. The summed E-state index contributed by atoms with van der Waals surface area (Å²) in [5, 5.41) is 16.0. The number of non-ortho nitro benzene ring substituents is 1. The monoisotopic (exact) mass is 398 g/mol. The van der Waals surface area contributed by atoms with Gasteiger partial charge in [-0.1, -0.05) is 0 Å². The van der Waals surface area contributed by atoms with Crippen molar-refractivity contribution in [3.8, 4) is 17.0 Å². The minimum Gasteiger partial charge on any atom is -0.497 e. The quantitative estimate of drug-likeness (QED) is 0.497. The summed E-state index contributed by atoms with van der Waals surface area (Å²) in [5.74, 6) is 0.289. The first kappa shape index (κ1) is 19.3. The van der Waals surface area contributed by atoms with Crippen molar-refractivity contribution in [2.45, 2.75) is 0 Å². The molecule has 0 aliphatic rings. The average Bonchev–Trinajstić information content (AvgIpc) is 3.15. The van der Waals surface area contributed by atoms with E-state index in [1.165, 1.54) is 23.5 Å². The van der Waals surface area contributed by atoms with E-state index >= 15 is 0 Å². The van der Waals surface area contributed by atoms with Gasteiger partial charge in [0, 0.05) is 42.9 Å². The van der Waals surface area contributed by atoms with Gasteiger partial charge in [-0.3, -0.25) is 20.2 Å². The number of hydrogen-bond donors (Lipinski definition) is 1. The minimum atomic E-state index is -0.526. The second kappa shape index (κ2) is 8.05. The van der Waals surface area contributed by atoms with Crippen LogP contribution in [0.4, 0.5) is 16.5 Å². The van der Waals surface area contributed by atoms with Crippen molar-refractivity contribution in [1.29, 1.82) is 0 Å². The van der Waals surface area contributed by atoms with Crippen LogP contribution in [0.15, 0.2) is 47.8 Å². The molecule has 2 aromatic carbocycles. The summed E-state index contributed by atoms with van der Waals surface area (Å²) >= 11 is 1.28. The topological polar surface area (TPSA) is 97.6 Å². The summed E-state index contributed by atoms with van der Waals surface area (Å²) in [5.41, 5.74) is 2.25. The molecule has 0 saturated carbocycles. The van der Waals surface area contributed by atoms with E-state index in [0.717, 1.165) is 17.0 Å². The number of hydrogen-bond acceptors (Lipinski definition) is 7. The van der Waals surface area contributed by atoms with Crippen molar-refractivity contribution < 1.29 is 14.5 Å². The van der Waals surface area contributed by atoms with Gasteiger partial charge in [-0.2, -0.15) is 0 Å². The van der Waals surface area contributed by atoms with Gasteiger partial charge in [-0.05, 0) is 30.3 Å². The zero-order valence-electron chi connectivity index (χ0n) is 15.5. The third kappa shape index (κ3) is 4.09. The molecule has 0 spiro atoms. The Hall–Kier alpha value is -3.46. The van der Waals surface area contributed by atoms with E-state index in [2.05, 4.69) is 10.3 Å². The van der Waals surface area contributed by atoms with Gasteiger partial charge in [-0.15, -0.1) is 11.3 Å². The highest BCUT2D eigenvalue weighted by Gasteiger charge is 2.19. The molecular formula is C19H18N4O4S. The molecule has 0 aliphatic heterocycles. The number of methoxy groups -OCH3 is 1. The van der Waals surface area contributed by atoms with Crippen LogP contribution in [0.25, 0.3) is 11.3 Å². The van der Waals surface area contributed by atoms with Gasteiger partial charge >= 0.3 is 0 Å². The molecule has 3 rings (SSSR count). The maximum atomic E-state index is 12.7. The van der Waals surface area contributed by atoms with Crippen molar-refractivity contribution in [2.24, 2.45) is 0 Å². The molecule has 0 saturated heterocycles. The summed E-state index contributed by atoms with van der Waals surface area (Å²) in [6.07, 6.45) is 0. The van der Waals surface area contributed by atoms with Gasteiger partial charge in [0.15, 0.2) is 5.13 Å². The molecule has 8 nitrogen and oxygen atoms in total. The van der Waals surface area contributed by atoms with Crippen LogP contribution in [0.2, 0.25) is 0 Å². The van der Waals surface area contributed by atoms with E-state index in [4.69, 9.17) is 4.74 Å². The molecule has 1 amide bonds. The fraction of sp³-hybridized carbons (Fsp3) is 0.158. The Balaban J connectivity index is 1.84. The zero-order valence-corrected chi connectivity index (χ0v) is 16.3. The number of ether oxygens (including phenoxy) is 1. The molecule has 9 heteroatoms. The lowest BCUT2D eigenvalue weighted by molar-refractivity contribution is -0.384. The third-order valence-electron chi connectivity index (χ3n) is 4.03. The maximum Gasteiger partial charge on any atom is 0.270 e. The molecule has 1 aromatic heterocycles. The highest BCUT2D eigenvalue weighted by atomic mass is 32.1. The van der Waals surface area contributed by atoms with Crippen molar-refractivity contribution in [3.05, 3.63) is 63.5 Å². The first-order chi connectivity index (χ1) is 13.4. The lowest BCUT2D eigenvalue weighted by atomic mass is 10.1. The lowest BCUT2D eigenvalue weighted by Crippen LogP contribution is -2.18. The summed E-state index contributed by atoms with van der Waals surface area (Å²) in [7, 11) is 5.13. The summed E-state index contributed by atoms with van der Waals surface area (Å²) in [4.78, 5) is 29.4. The number of benzene rings is 2. The smallest absolute Gasteiger partial charge is 0.270 e. The fourth-order valence-electron chi connectivity index (χ4n) is 2.60. The van der Waals surface area contributed by atoms with Gasteiger partial charge in [-0.25, -0.2) is 4.98 Å². The molecule has 0 atom stereocenters. The Morgan fingerprint density at radius 3 is 2.54 bits per heavy atom. The number of nitro groups is 1. The molecule has 144 valence electrons. The number of thiazole rings is 1. The number of rotatable bonds is 6. The largest absolute Gasteiger partial charge is 0.497 e. The van der Waals surface area contributed by atoms with Crippen molar-refractivity contribution in [1.82, 2.24) is 4.98 Å². The maximum absolute atomic E-state index is 12.7. The standard InChI is InChI=1S/C19H18N4O4S/c1-22(2)17-9-6-13(23(25)26)10-15(17)18(24)21-19-20-16(11-28-19)12-4-7-14(27-3)8-5-12/h4-11H,1-3H3,(H,20,21,24). The minimum absolute atomic E-state index is 0.145. The average molecular weight is 398 g/mol. The van der Waals surface area contributed by atoms with E-state index in [1.807, 2.05) is 29.6 Å². The molecule has 0 unspecified atom stereocenters. The molecule has 0 aliphatic carbocycles. The number of carbonyl (C=O) groups excluding carboxylic acids is 1. The highest BCUT2D eigenvalue weighted by molar-refractivity contribution is 7.14. The van der Waals surface area contributed by atoms with E-state index in [9.17, 15) is 14.9 Å². The Bertz CT molecular complexity index is 1020. The van der Waals surface area contributed by atoms with Crippen molar-refractivity contribution in [2.75, 3.05) is 31.4 Å². The predicted molar refractivity (Wildman–Crippen MR) is 109 cm³/mol. The van der Waals surface area contributed by atoms with Crippen molar-refractivity contribution >= 4 is 33.8 Å². The predicted octanol–water partition coefficient (Wildman–Crippen LogP) is 4.05. The number of carbonyl (C=O) groups is 1. The van der Waals surface area contributed by atoms with E-state index < -0.39 is 10.8 Å². The molecule has 1 N–H and O–H groups in total.